The van der Waals surface area contributed by atoms with Gasteiger partial charge in [-0.2, -0.15) is 0 Å². The van der Waals surface area contributed by atoms with Gasteiger partial charge in [-0.25, -0.2) is 0 Å². The predicted molar refractivity (Wildman–Crippen MR) is 72.6 cm³/mol. The Balaban J connectivity index is 1.78. The summed E-state index contributed by atoms with van der Waals surface area (Å²) in [7, 11) is 0. The van der Waals surface area contributed by atoms with E-state index in [2.05, 4.69) is 0 Å². The molecule has 2 aliphatic rings. The number of carbonyl (C=O) groups is 2. The van der Waals surface area contributed by atoms with Gasteiger partial charge in [0.2, 0.25) is 0 Å². The first-order chi connectivity index (χ1) is 9.16. The lowest BCUT2D eigenvalue weighted by molar-refractivity contribution is -0.141. The molecule has 0 radical (unpaired) electrons. The monoisotopic (exact) mass is 279 g/mol. The van der Waals surface area contributed by atoms with Gasteiger partial charge in [0.1, 0.15) is 0 Å². The van der Waals surface area contributed by atoms with Crippen molar-refractivity contribution in [2.45, 2.75) is 32.1 Å². The summed E-state index contributed by atoms with van der Waals surface area (Å²) in [4.78, 5) is 26.5. The van der Waals surface area contributed by atoms with Crippen LogP contribution >= 0.6 is 11.3 Å². The third kappa shape index (κ3) is 2.27. The van der Waals surface area contributed by atoms with Crippen LogP contribution < -0.4 is 0 Å². The van der Waals surface area contributed by atoms with Gasteiger partial charge < -0.3 is 10.0 Å². The number of rotatable bonds is 2. The minimum Gasteiger partial charge on any atom is -0.481 e. The number of carboxylic acid groups (broad SMARTS) is 1. The summed E-state index contributed by atoms with van der Waals surface area (Å²) in [5, 5.41) is 11.0. The van der Waals surface area contributed by atoms with Crippen LogP contribution in [0.1, 0.15) is 40.1 Å². The second kappa shape index (κ2) is 4.96. The molecule has 1 amide bonds. The molecule has 1 aliphatic heterocycles. The lowest BCUT2D eigenvalue weighted by atomic mass is 9.95. The molecule has 0 unspecified atom stereocenters. The molecule has 1 aromatic rings. The van der Waals surface area contributed by atoms with E-state index in [9.17, 15) is 9.59 Å². The van der Waals surface area contributed by atoms with Crippen molar-refractivity contribution in [2.24, 2.45) is 5.92 Å². The Bertz CT molecular complexity index is 523. The van der Waals surface area contributed by atoms with Crippen molar-refractivity contribution < 1.29 is 14.7 Å². The van der Waals surface area contributed by atoms with Gasteiger partial charge in [0.25, 0.3) is 5.91 Å². The van der Waals surface area contributed by atoms with Gasteiger partial charge in [-0.3, -0.25) is 9.59 Å². The van der Waals surface area contributed by atoms with E-state index in [4.69, 9.17) is 5.11 Å². The first kappa shape index (κ1) is 12.7. The minimum absolute atomic E-state index is 0.0307. The van der Waals surface area contributed by atoms with Crippen LogP contribution in [-0.4, -0.2) is 35.0 Å². The van der Waals surface area contributed by atoms with Gasteiger partial charge in [-0.1, -0.05) is 0 Å². The first-order valence-electron chi connectivity index (χ1n) is 6.78. The fourth-order valence-electron chi connectivity index (χ4n) is 2.99. The third-order valence-corrected chi connectivity index (χ3v) is 5.21. The largest absolute Gasteiger partial charge is 0.481 e. The van der Waals surface area contributed by atoms with Crippen LogP contribution in [0, 0.1) is 5.92 Å². The number of aryl methyl sites for hydroxylation is 1. The Morgan fingerprint density at radius 3 is 2.84 bits per heavy atom. The highest BCUT2D eigenvalue weighted by atomic mass is 32.1. The maximum Gasteiger partial charge on any atom is 0.308 e. The van der Waals surface area contributed by atoms with E-state index >= 15 is 0 Å². The van der Waals surface area contributed by atoms with Gasteiger partial charge >= 0.3 is 5.97 Å². The molecule has 0 aromatic carbocycles. The number of carbonyl (C=O) groups excluding carboxylic acids is 1. The number of carboxylic acids is 1. The molecule has 0 spiro atoms. The van der Waals surface area contributed by atoms with E-state index in [0.29, 0.717) is 19.5 Å². The maximum atomic E-state index is 12.5. The summed E-state index contributed by atoms with van der Waals surface area (Å²) in [6.45, 7) is 0.930. The zero-order valence-electron chi connectivity index (χ0n) is 10.7. The Labute approximate surface area is 116 Å². The minimum atomic E-state index is -0.789. The number of fused-ring (bicyclic) bond motifs is 1. The lowest BCUT2D eigenvalue weighted by Gasteiger charge is -2.18. The van der Waals surface area contributed by atoms with Crippen LogP contribution in [0.15, 0.2) is 5.38 Å². The summed E-state index contributed by atoms with van der Waals surface area (Å²) in [5.41, 5.74) is 2.05. The molecule has 2 heterocycles. The van der Waals surface area contributed by atoms with Crippen molar-refractivity contribution in [1.29, 1.82) is 0 Å². The fraction of sp³-hybridized carbons (Fsp3) is 0.571. The molecule has 0 bridgehead atoms. The standard InChI is InChI=1S/C14H17NO3S/c16-13(15-6-5-9(7-15)14(17)18)11-8-19-12-4-2-1-3-10(11)12/h8-9H,1-7H2,(H,17,18)/t9-/m0/s1. The molecule has 5 heteroatoms. The van der Waals surface area contributed by atoms with Gasteiger partial charge in [0, 0.05) is 23.3 Å². The van der Waals surface area contributed by atoms with Gasteiger partial charge in [0.15, 0.2) is 0 Å². The number of aliphatic carboxylic acids is 1. The zero-order valence-corrected chi connectivity index (χ0v) is 11.5. The lowest BCUT2D eigenvalue weighted by Crippen LogP contribution is -2.30. The van der Waals surface area contributed by atoms with Crippen molar-refractivity contribution in [1.82, 2.24) is 4.90 Å². The highest BCUT2D eigenvalue weighted by Gasteiger charge is 2.33. The molecule has 1 N–H and O–H groups in total. The van der Waals surface area contributed by atoms with Crippen LogP contribution in [0.4, 0.5) is 0 Å². The van der Waals surface area contributed by atoms with Crippen LogP contribution in [0.5, 0.6) is 0 Å². The van der Waals surface area contributed by atoms with Crippen molar-refractivity contribution in [3.8, 4) is 0 Å². The van der Waals surface area contributed by atoms with E-state index in [1.165, 1.54) is 16.9 Å². The average molecular weight is 279 g/mol. The Morgan fingerprint density at radius 2 is 2.11 bits per heavy atom. The fourth-order valence-corrected chi connectivity index (χ4v) is 4.11. The molecular weight excluding hydrogens is 262 g/mol. The van der Waals surface area contributed by atoms with Crippen LogP contribution in [-0.2, 0) is 17.6 Å². The highest BCUT2D eigenvalue weighted by molar-refractivity contribution is 7.10. The number of hydrogen-bond donors (Lipinski definition) is 1. The zero-order chi connectivity index (χ0) is 13.4. The normalized spacial score (nSPS) is 22.3. The number of nitrogens with zero attached hydrogens (tertiary/aromatic N) is 1. The van der Waals surface area contributed by atoms with Crippen LogP contribution in [0.2, 0.25) is 0 Å². The van der Waals surface area contributed by atoms with Crippen molar-refractivity contribution in [3.63, 3.8) is 0 Å². The average Bonchev–Trinajstić information content (AvgIpc) is 3.05. The van der Waals surface area contributed by atoms with E-state index in [0.717, 1.165) is 24.8 Å². The predicted octanol–water partition coefficient (Wildman–Crippen LogP) is 2.17. The molecule has 4 nitrogen and oxygen atoms in total. The Kier molecular flexibility index (Phi) is 3.31. The number of likely N-dealkylation sites (tertiary alicyclic amines) is 1. The quantitative estimate of drug-likeness (QED) is 0.902. The van der Waals surface area contributed by atoms with Crippen LogP contribution in [0.3, 0.4) is 0 Å². The summed E-state index contributed by atoms with van der Waals surface area (Å²) in [6.07, 6.45) is 5.03. The smallest absolute Gasteiger partial charge is 0.308 e. The molecule has 1 fully saturated rings. The van der Waals surface area contributed by atoms with Crippen molar-refractivity contribution in [2.75, 3.05) is 13.1 Å². The topological polar surface area (TPSA) is 57.6 Å². The van der Waals surface area contributed by atoms with E-state index in [1.807, 2.05) is 5.38 Å². The van der Waals surface area contributed by atoms with Gasteiger partial charge in [-0.05, 0) is 37.7 Å². The summed E-state index contributed by atoms with van der Waals surface area (Å²) >= 11 is 1.68. The molecular formula is C14H17NO3S. The molecule has 102 valence electrons. The molecule has 1 atom stereocenters. The highest BCUT2D eigenvalue weighted by Crippen LogP contribution is 2.31. The number of amides is 1. The maximum absolute atomic E-state index is 12.5. The second-order valence-electron chi connectivity index (χ2n) is 5.33. The summed E-state index contributed by atoms with van der Waals surface area (Å²) < 4.78 is 0. The van der Waals surface area contributed by atoms with Crippen molar-refractivity contribution >= 4 is 23.2 Å². The molecule has 19 heavy (non-hydrogen) atoms. The number of thiophene rings is 1. The molecule has 1 saturated heterocycles. The molecule has 1 aromatic heterocycles. The Morgan fingerprint density at radius 1 is 1.32 bits per heavy atom. The van der Waals surface area contributed by atoms with Gasteiger partial charge in [-0.15, -0.1) is 11.3 Å². The third-order valence-electron chi connectivity index (χ3n) is 4.12. The van der Waals surface area contributed by atoms with Crippen LogP contribution in [0.25, 0.3) is 0 Å². The SMILES string of the molecule is O=C(O)[C@H]1CCN(C(=O)c2csc3c2CCCC3)C1. The van der Waals surface area contributed by atoms with E-state index < -0.39 is 11.9 Å². The molecule has 1 aliphatic carbocycles. The summed E-state index contributed by atoms with van der Waals surface area (Å²) in [5.74, 6) is -1.15. The van der Waals surface area contributed by atoms with E-state index in [-0.39, 0.29) is 5.91 Å². The first-order valence-corrected chi connectivity index (χ1v) is 7.66. The van der Waals surface area contributed by atoms with Crippen molar-refractivity contribution in [3.05, 3.63) is 21.4 Å². The molecule has 0 saturated carbocycles. The summed E-state index contributed by atoms with van der Waals surface area (Å²) in [6, 6.07) is 0. The number of hydrogen-bond acceptors (Lipinski definition) is 3. The Hall–Kier alpha value is -1.36. The second-order valence-corrected chi connectivity index (χ2v) is 6.30. The molecule has 3 rings (SSSR count). The van der Waals surface area contributed by atoms with E-state index in [1.54, 1.807) is 16.2 Å². The van der Waals surface area contributed by atoms with Gasteiger partial charge in [0.05, 0.1) is 11.5 Å².